The summed E-state index contributed by atoms with van der Waals surface area (Å²) < 4.78 is 5.48. The highest BCUT2D eigenvalue weighted by Crippen LogP contribution is 2.22. The van der Waals surface area contributed by atoms with E-state index in [2.05, 4.69) is 6.92 Å². The van der Waals surface area contributed by atoms with Gasteiger partial charge >= 0.3 is 0 Å². The van der Waals surface area contributed by atoms with Gasteiger partial charge in [0.1, 0.15) is 0 Å². The number of ether oxygens (including phenoxy) is 1. The van der Waals surface area contributed by atoms with E-state index in [0.717, 1.165) is 19.3 Å². The highest BCUT2D eigenvalue weighted by atomic mass is 35.7. The molecule has 0 radical (unpaired) electrons. The van der Waals surface area contributed by atoms with Gasteiger partial charge in [-0.15, -0.1) is 22.2 Å². The maximum atomic E-state index is 6.01. The van der Waals surface area contributed by atoms with Crippen molar-refractivity contribution in [2.45, 2.75) is 58.0 Å². The second kappa shape index (κ2) is 9.95. The normalized spacial score (nSPS) is 12.0. The predicted octanol–water partition coefficient (Wildman–Crippen LogP) is 4.91. The molecule has 1 nitrogen and oxygen atoms in total. The molecule has 0 amide bonds. The van der Waals surface area contributed by atoms with Crippen LogP contribution in [-0.2, 0) is 4.74 Å². The molecule has 0 heterocycles. The number of hydrogen-bond donors (Lipinski definition) is 0. The first-order chi connectivity index (χ1) is 7.06. The van der Waals surface area contributed by atoms with Crippen molar-refractivity contribution in [3.05, 3.63) is 0 Å². The van der Waals surface area contributed by atoms with Gasteiger partial charge < -0.3 is 4.74 Å². The molecule has 92 valence electrons. The first-order valence-corrected chi connectivity index (χ1v) is 10.7. The van der Waals surface area contributed by atoms with Crippen molar-refractivity contribution in [1.29, 1.82) is 0 Å². The summed E-state index contributed by atoms with van der Waals surface area (Å²) in [6, 6.07) is 1.02. The molecular formula is C11H24Cl2OSi. The second-order valence-corrected chi connectivity index (χ2v) is 12.4. The fraction of sp³-hybridized carbons (Fsp3) is 1.00. The van der Waals surface area contributed by atoms with Crippen molar-refractivity contribution < 1.29 is 4.74 Å². The smallest absolute Gasteiger partial charge is 0.248 e. The lowest BCUT2D eigenvalue weighted by Gasteiger charge is -2.09. The zero-order valence-electron chi connectivity index (χ0n) is 10.0. The minimum atomic E-state index is -1.83. The molecule has 0 N–H and O–H groups in total. The number of hydrogen-bond acceptors (Lipinski definition) is 1. The zero-order valence-corrected chi connectivity index (χ0v) is 12.5. The van der Waals surface area contributed by atoms with Gasteiger partial charge in [0.25, 0.3) is 0 Å². The Balaban J connectivity index is 2.99. The Morgan fingerprint density at radius 2 is 1.53 bits per heavy atom. The summed E-state index contributed by atoms with van der Waals surface area (Å²) in [6.45, 7) is 4.18. The fourth-order valence-electron chi connectivity index (χ4n) is 1.34. The third-order valence-electron chi connectivity index (χ3n) is 2.30. The van der Waals surface area contributed by atoms with E-state index in [1.54, 1.807) is 0 Å². The second-order valence-electron chi connectivity index (χ2n) is 4.20. The molecular weight excluding hydrogens is 247 g/mol. The van der Waals surface area contributed by atoms with Crippen LogP contribution in [0.15, 0.2) is 0 Å². The summed E-state index contributed by atoms with van der Waals surface area (Å²) in [6.07, 6.45) is 7.22. The molecule has 0 aromatic rings. The molecule has 0 spiro atoms. The Morgan fingerprint density at radius 3 is 2.13 bits per heavy atom. The molecule has 15 heavy (non-hydrogen) atoms. The molecule has 0 fully saturated rings. The van der Waals surface area contributed by atoms with Gasteiger partial charge in [-0.05, 0) is 25.4 Å². The van der Waals surface area contributed by atoms with Crippen LogP contribution in [0, 0.1) is 0 Å². The van der Waals surface area contributed by atoms with Crippen LogP contribution >= 0.6 is 22.2 Å². The Bertz CT molecular complexity index is 137. The largest absolute Gasteiger partial charge is 0.381 e. The molecule has 0 rings (SSSR count). The molecule has 0 saturated heterocycles. The quantitative estimate of drug-likeness (QED) is 0.311. The molecule has 0 aliphatic carbocycles. The third kappa shape index (κ3) is 14.8. The van der Waals surface area contributed by atoms with E-state index in [9.17, 15) is 0 Å². The number of unbranched alkanes of at least 4 members (excludes halogenated alkanes) is 4. The zero-order chi connectivity index (χ0) is 11.6. The maximum Gasteiger partial charge on any atom is 0.248 e. The third-order valence-corrected chi connectivity index (χ3v) is 4.66. The van der Waals surface area contributed by atoms with E-state index >= 15 is 0 Å². The molecule has 0 saturated carbocycles. The summed E-state index contributed by atoms with van der Waals surface area (Å²) in [5.41, 5.74) is 0. The molecule has 0 bridgehead atoms. The molecule has 0 unspecified atom stereocenters. The number of halogens is 2. The van der Waals surface area contributed by atoms with Crippen LogP contribution < -0.4 is 0 Å². The summed E-state index contributed by atoms with van der Waals surface area (Å²) in [5.74, 6) is 0. The minimum absolute atomic E-state index is 0.913. The lowest BCUT2D eigenvalue weighted by atomic mass is 10.2. The van der Waals surface area contributed by atoms with Crippen LogP contribution in [0.1, 0.15) is 45.4 Å². The van der Waals surface area contributed by atoms with Crippen LogP contribution in [0.3, 0.4) is 0 Å². The minimum Gasteiger partial charge on any atom is -0.381 e. The summed E-state index contributed by atoms with van der Waals surface area (Å²) in [4.78, 5) is 0. The molecule has 4 heteroatoms. The van der Waals surface area contributed by atoms with Gasteiger partial charge in [-0.25, -0.2) is 0 Å². The first kappa shape index (κ1) is 15.8. The molecule has 0 aromatic heterocycles. The Labute approximate surface area is 105 Å². The molecule has 0 aliphatic heterocycles. The maximum absolute atomic E-state index is 6.01. The van der Waals surface area contributed by atoms with Crippen molar-refractivity contribution in [2.24, 2.45) is 0 Å². The van der Waals surface area contributed by atoms with Crippen molar-refractivity contribution in [2.75, 3.05) is 13.2 Å². The van der Waals surface area contributed by atoms with Gasteiger partial charge in [-0.3, -0.25) is 0 Å². The highest BCUT2D eigenvalue weighted by molar-refractivity contribution is 7.44. The van der Waals surface area contributed by atoms with E-state index in [1.807, 2.05) is 6.55 Å². The highest BCUT2D eigenvalue weighted by Gasteiger charge is 2.19. The van der Waals surface area contributed by atoms with E-state index in [-0.39, 0.29) is 0 Å². The van der Waals surface area contributed by atoms with Gasteiger partial charge in [-0.2, -0.15) is 0 Å². The van der Waals surface area contributed by atoms with Crippen molar-refractivity contribution in [1.82, 2.24) is 0 Å². The standard InChI is InChI=1S/C11H24Cl2OSi/c1-3-4-9-14-10-7-5-6-8-11-15(2,12)13/h3-11H2,1-2H3. The number of rotatable bonds is 10. The van der Waals surface area contributed by atoms with Gasteiger partial charge in [0.05, 0.1) is 0 Å². The average Bonchev–Trinajstić information content (AvgIpc) is 2.14. The van der Waals surface area contributed by atoms with E-state index < -0.39 is 6.69 Å². The Kier molecular flexibility index (Phi) is 10.4. The molecule has 0 atom stereocenters. The molecule has 0 aromatic carbocycles. The van der Waals surface area contributed by atoms with Gasteiger partial charge in [0.15, 0.2) is 0 Å². The summed E-state index contributed by atoms with van der Waals surface area (Å²) in [7, 11) is 0. The lowest BCUT2D eigenvalue weighted by Crippen LogP contribution is -2.11. The summed E-state index contributed by atoms with van der Waals surface area (Å²) in [5, 5.41) is 0. The van der Waals surface area contributed by atoms with E-state index in [1.165, 1.54) is 38.5 Å². The van der Waals surface area contributed by atoms with Gasteiger partial charge in [-0.1, -0.05) is 32.6 Å². The summed E-state index contributed by atoms with van der Waals surface area (Å²) >= 11 is 12.0. The van der Waals surface area contributed by atoms with Crippen LogP contribution in [0.4, 0.5) is 0 Å². The van der Waals surface area contributed by atoms with Crippen molar-refractivity contribution >= 4 is 28.9 Å². The van der Waals surface area contributed by atoms with Gasteiger partial charge in [0, 0.05) is 13.2 Å². The Hall–Kier alpha value is 0.757. The van der Waals surface area contributed by atoms with Crippen molar-refractivity contribution in [3.8, 4) is 0 Å². The van der Waals surface area contributed by atoms with Crippen LogP contribution in [0.2, 0.25) is 12.6 Å². The van der Waals surface area contributed by atoms with Crippen LogP contribution in [0.25, 0.3) is 0 Å². The SMILES string of the molecule is CCCCOCCCCCC[Si](C)(Cl)Cl. The van der Waals surface area contributed by atoms with Crippen LogP contribution in [0.5, 0.6) is 0 Å². The lowest BCUT2D eigenvalue weighted by molar-refractivity contribution is 0.127. The van der Waals surface area contributed by atoms with Crippen LogP contribution in [-0.4, -0.2) is 19.9 Å². The van der Waals surface area contributed by atoms with Crippen molar-refractivity contribution in [3.63, 3.8) is 0 Å². The monoisotopic (exact) mass is 270 g/mol. The topological polar surface area (TPSA) is 9.23 Å². The molecule has 0 aliphatic rings. The average molecular weight is 271 g/mol. The first-order valence-electron chi connectivity index (χ1n) is 6.02. The Morgan fingerprint density at radius 1 is 0.933 bits per heavy atom. The van der Waals surface area contributed by atoms with E-state index in [0.29, 0.717) is 0 Å². The van der Waals surface area contributed by atoms with Gasteiger partial charge in [0.2, 0.25) is 6.69 Å². The fourth-order valence-corrected chi connectivity index (χ4v) is 3.01. The predicted molar refractivity (Wildman–Crippen MR) is 72.3 cm³/mol. The van der Waals surface area contributed by atoms with E-state index in [4.69, 9.17) is 26.9 Å².